The molecule has 7 heteroatoms. The number of benzene rings is 2. The van der Waals surface area contributed by atoms with E-state index in [-0.39, 0.29) is 12.1 Å². The number of hydrogen-bond donors (Lipinski definition) is 2. The van der Waals surface area contributed by atoms with Gasteiger partial charge in [-0.05, 0) is 31.4 Å². The lowest BCUT2D eigenvalue weighted by molar-refractivity contribution is 0.244. The molecular weight excluding hydrogens is 426 g/mol. The summed E-state index contributed by atoms with van der Waals surface area (Å²) in [5, 5.41) is 6.19. The number of nitrogens with one attached hydrogen (secondary N) is 2. The molecule has 0 aliphatic heterocycles. The third-order valence-electron chi connectivity index (χ3n) is 6.19. The van der Waals surface area contributed by atoms with Crippen molar-refractivity contribution in [2.24, 2.45) is 0 Å². The van der Waals surface area contributed by atoms with Crippen molar-refractivity contribution < 1.29 is 9.53 Å². The third kappa shape index (κ3) is 6.31. The lowest BCUT2D eigenvalue weighted by Crippen LogP contribution is -2.39. The number of rotatable bonds is 9. The Labute approximate surface area is 202 Å². The summed E-state index contributed by atoms with van der Waals surface area (Å²) in [6, 6.07) is 16.1. The van der Waals surface area contributed by atoms with Gasteiger partial charge in [-0.1, -0.05) is 55.7 Å². The maximum absolute atomic E-state index is 12.7. The lowest BCUT2D eigenvalue weighted by atomic mass is 9.96. The molecular formula is C27H35N5O2. The molecule has 2 aromatic carbocycles. The molecule has 7 nitrogen and oxygen atoms in total. The number of amides is 2. The molecule has 0 saturated heterocycles. The van der Waals surface area contributed by atoms with Crippen molar-refractivity contribution in [2.45, 2.75) is 51.1 Å². The number of urea groups is 1. The molecule has 4 rings (SSSR count). The number of ether oxygens (including phenoxy) is 1. The Morgan fingerprint density at radius 1 is 1.09 bits per heavy atom. The van der Waals surface area contributed by atoms with E-state index in [0.29, 0.717) is 18.0 Å². The highest BCUT2D eigenvalue weighted by Crippen LogP contribution is 2.34. The molecule has 180 valence electrons. The molecule has 1 heterocycles. The topological polar surface area (TPSA) is 71.4 Å². The summed E-state index contributed by atoms with van der Waals surface area (Å²) in [6.07, 6.45) is 10.5. The first-order valence-electron chi connectivity index (χ1n) is 12.2. The minimum atomic E-state index is -0.169. The minimum absolute atomic E-state index is 0.169. The van der Waals surface area contributed by atoms with Gasteiger partial charge in [0.1, 0.15) is 11.4 Å². The number of carbonyl (C=O) groups is 1. The van der Waals surface area contributed by atoms with Gasteiger partial charge in [0.25, 0.3) is 0 Å². The van der Waals surface area contributed by atoms with Crippen LogP contribution in [0.3, 0.4) is 0 Å². The highest BCUT2D eigenvalue weighted by molar-refractivity contribution is 5.95. The number of aryl methyl sites for hydroxylation is 1. The monoisotopic (exact) mass is 461 g/mol. The molecule has 2 N–H and O–H groups in total. The van der Waals surface area contributed by atoms with Crippen LogP contribution in [0.2, 0.25) is 0 Å². The van der Waals surface area contributed by atoms with Crippen LogP contribution in [0, 0.1) is 0 Å². The van der Waals surface area contributed by atoms with Crippen LogP contribution >= 0.6 is 0 Å². The van der Waals surface area contributed by atoms with Crippen molar-refractivity contribution in [3.63, 3.8) is 0 Å². The number of aromatic nitrogens is 2. The number of nitrogens with zero attached hydrogens (tertiary/aromatic N) is 3. The molecule has 3 aromatic rings. The van der Waals surface area contributed by atoms with Crippen molar-refractivity contribution in [3.05, 3.63) is 61.1 Å². The van der Waals surface area contributed by atoms with E-state index in [4.69, 9.17) is 4.74 Å². The molecule has 0 spiro atoms. The first kappa shape index (κ1) is 23.7. The molecule has 1 aromatic heterocycles. The zero-order valence-corrected chi connectivity index (χ0v) is 20.2. The fourth-order valence-corrected chi connectivity index (χ4v) is 4.39. The average Bonchev–Trinajstić information content (AvgIpc) is 3.32. The molecule has 0 unspecified atom stereocenters. The Kier molecular flexibility index (Phi) is 8.07. The zero-order chi connectivity index (χ0) is 23.8. The molecule has 1 saturated carbocycles. The Bertz CT molecular complexity index is 1060. The average molecular weight is 462 g/mol. The van der Waals surface area contributed by atoms with Crippen molar-refractivity contribution in [3.8, 4) is 17.0 Å². The molecule has 0 atom stereocenters. The quantitative estimate of drug-likeness (QED) is 0.411. The predicted molar refractivity (Wildman–Crippen MR) is 138 cm³/mol. The van der Waals surface area contributed by atoms with Crippen molar-refractivity contribution >= 4 is 17.4 Å². The van der Waals surface area contributed by atoms with Crippen LogP contribution in [0.15, 0.2) is 61.1 Å². The number of carbonyl (C=O) groups excluding carboxylic acids is 1. The van der Waals surface area contributed by atoms with E-state index >= 15 is 0 Å². The van der Waals surface area contributed by atoms with E-state index in [1.54, 1.807) is 0 Å². The fraction of sp³-hybridized carbons (Fsp3) is 0.407. The molecule has 1 aliphatic rings. The summed E-state index contributed by atoms with van der Waals surface area (Å²) in [7, 11) is 3.93. The summed E-state index contributed by atoms with van der Waals surface area (Å²) >= 11 is 0. The lowest BCUT2D eigenvalue weighted by Gasteiger charge is -2.25. The molecule has 1 fully saturated rings. The predicted octanol–water partition coefficient (Wildman–Crippen LogP) is 5.54. The normalized spacial score (nSPS) is 13.9. The van der Waals surface area contributed by atoms with Crippen LogP contribution in [0.1, 0.15) is 38.5 Å². The molecule has 0 bridgehead atoms. The highest BCUT2D eigenvalue weighted by atomic mass is 16.5. The Balaban J connectivity index is 1.34. The van der Waals surface area contributed by atoms with Gasteiger partial charge >= 0.3 is 6.03 Å². The second-order valence-corrected chi connectivity index (χ2v) is 9.04. The Morgan fingerprint density at radius 3 is 2.65 bits per heavy atom. The van der Waals surface area contributed by atoms with Gasteiger partial charge in [0.15, 0.2) is 0 Å². The van der Waals surface area contributed by atoms with Crippen molar-refractivity contribution in [1.82, 2.24) is 14.9 Å². The number of para-hydroxylation sites is 1. The van der Waals surface area contributed by atoms with E-state index < -0.39 is 0 Å². The van der Waals surface area contributed by atoms with Gasteiger partial charge in [0, 0.05) is 38.4 Å². The van der Waals surface area contributed by atoms with Gasteiger partial charge in [-0.15, -0.1) is 0 Å². The van der Waals surface area contributed by atoms with Gasteiger partial charge in [-0.3, -0.25) is 0 Å². The second-order valence-electron chi connectivity index (χ2n) is 9.04. The van der Waals surface area contributed by atoms with E-state index in [9.17, 15) is 4.79 Å². The highest BCUT2D eigenvalue weighted by Gasteiger charge is 2.19. The zero-order valence-electron chi connectivity index (χ0n) is 20.2. The van der Waals surface area contributed by atoms with Gasteiger partial charge in [-0.2, -0.15) is 0 Å². The van der Waals surface area contributed by atoms with E-state index in [1.165, 1.54) is 19.3 Å². The summed E-state index contributed by atoms with van der Waals surface area (Å²) in [4.78, 5) is 19.2. The summed E-state index contributed by atoms with van der Waals surface area (Å²) < 4.78 is 8.21. The molecule has 0 radical (unpaired) electrons. The molecule has 2 amide bonds. The standard InChI is InChI=1S/C27H35N5O2/c1-31(2)24-15-9-16-25(26(24)30-27(33)29-22-13-7-4-8-14-22)34-18-10-17-32-19-23(28-20-32)21-11-5-3-6-12-21/h3,5-6,9,11-12,15-16,19-20,22H,4,7-8,10,13-14,17-18H2,1-2H3,(H2,29,30,33). The Morgan fingerprint density at radius 2 is 1.88 bits per heavy atom. The summed E-state index contributed by atoms with van der Waals surface area (Å²) in [5.74, 6) is 0.681. The first-order valence-corrected chi connectivity index (χ1v) is 12.2. The minimum Gasteiger partial charge on any atom is -0.491 e. The number of imidazole rings is 1. The smallest absolute Gasteiger partial charge is 0.319 e. The maximum Gasteiger partial charge on any atom is 0.319 e. The van der Waals surface area contributed by atoms with Gasteiger partial charge in [0.2, 0.25) is 0 Å². The first-order chi connectivity index (χ1) is 16.6. The van der Waals surface area contributed by atoms with E-state index in [0.717, 1.165) is 42.8 Å². The maximum atomic E-state index is 12.7. The SMILES string of the molecule is CN(C)c1cccc(OCCCn2cnc(-c3ccccc3)c2)c1NC(=O)NC1CCCCC1. The van der Waals surface area contributed by atoms with Crippen LogP contribution in [-0.4, -0.2) is 42.3 Å². The second kappa shape index (κ2) is 11.6. The fourth-order valence-electron chi connectivity index (χ4n) is 4.39. The molecule has 34 heavy (non-hydrogen) atoms. The van der Waals surface area contributed by atoms with Gasteiger partial charge in [-0.25, -0.2) is 9.78 Å². The van der Waals surface area contributed by atoms with Crippen LogP contribution in [0.5, 0.6) is 5.75 Å². The van der Waals surface area contributed by atoms with Crippen LogP contribution in [0.4, 0.5) is 16.2 Å². The van der Waals surface area contributed by atoms with Gasteiger partial charge in [0.05, 0.1) is 24.3 Å². The summed E-state index contributed by atoms with van der Waals surface area (Å²) in [6.45, 7) is 1.34. The van der Waals surface area contributed by atoms with Crippen LogP contribution in [0.25, 0.3) is 11.3 Å². The van der Waals surface area contributed by atoms with Crippen molar-refractivity contribution in [1.29, 1.82) is 0 Å². The number of anilines is 2. The van der Waals surface area contributed by atoms with E-state index in [2.05, 4.69) is 38.5 Å². The van der Waals surface area contributed by atoms with Crippen molar-refractivity contribution in [2.75, 3.05) is 30.9 Å². The summed E-state index contributed by atoms with van der Waals surface area (Å²) in [5.41, 5.74) is 3.70. The third-order valence-corrected chi connectivity index (χ3v) is 6.19. The van der Waals surface area contributed by atoms with Gasteiger partial charge < -0.3 is 24.8 Å². The van der Waals surface area contributed by atoms with E-state index in [1.807, 2.05) is 61.7 Å². The largest absolute Gasteiger partial charge is 0.491 e. The van der Waals surface area contributed by atoms with Crippen LogP contribution < -0.4 is 20.3 Å². The Hall–Kier alpha value is -3.48. The number of hydrogen-bond acceptors (Lipinski definition) is 4. The van der Waals surface area contributed by atoms with Crippen LogP contribution in [-0.2, 0) is 6.54 Å². The molecule has 1 aliphatic carbocycles.